The van der Waals surface area contributed by atoms with Crippen molar-refractivity contribution in [2.75, 3.05) is 11.4 Å². The third kappa shape index (κ3) is 5.55. The molecule has 4 aromatic carbocycles. The van der Waals surface area contributed by atoms with Gasteiger partial charge < -0.3 is 14.7 Å². The Kier molecular flexibility index (Phi) is 8.36. The fourth-order valence-corrected chi connectivity index (χ4v) is 5.85. The molecule has 0 aliphatic carbocycles. The average Bonchev–Trinajstić information content (AvgIpc) is 3.09. The molecule has 1 amide bonds. The van der Waals surface area contributed by atoms with Crippen LogP contribution in [0, 0.1) is 0 Å². The number of ether oxygens (including phenoxy) is 1. The lowest BCUT2D eigenvalue weighted by Gasteiger charge is -2.40. The van der Waals surface area contributed by atoms with E-state index in [1.54, 1.807) is 41.3 Å². The normalized spacial score (nSPS) is 17.6. The van der Waals surface area contributed by atoms with Crippen molar-refractivity contribution >= 4 is 40.8 Å². The lowest BCUT2D eigenvalue weighted by molar-refractivity contribution is -0.149. The third-order valence-corrected chi connectivity index (χ3v) is 8.17. The van der Waals surface area contributed by atoms with Gasteiger partial charge >= 0.3 is 5.97 Å². The highest BCUT2D eigenvalue weighted by Gasteiger charge is 2.51. The number of para-hydroxylation sites is 1. The molecule has 0 fully saturated rings. The Labute approximate surface area is 249 Å². The largest absolute Gasteiger partial charge is 0.478 e. The van der Waals surface area contributed by atoms with Gasteiger partial charge in [0, 0.05) is 26.9 Å². The van der Waals surface area contributed by atoms with E-state index in [0.717, 1.165) is 5.56 Å². The molecule has 5 rings (SSSR count). The van der Waals surface area contributed by atoms with Crippen LogP contribution in [0.15, 0.2) is 97.1 Å². The summed E-state index contributed by atoms with van der Waals surface area (Å²) in [4.78, 5) is 28.5. The van der Waals surface area contributed by atoms with Gasteiger partial charge in [-0.05, 0) is 47.4 Å². The first-order valence-corrected chi connectivity index (χ1v) is 14.1. The van der Waals surface area contributed by atoms with Crippen LogP contribution in [0.3, 0.4) is 0 Å². The Morgan fingerprint density at radius 1 is 0.927 bits per heavy atom. The minimum atomic E-state index is -1.44. The number of nitrogens with one attached hydrogen (secondary N) is 1. The number of anilines is 1. The molecule has 41 heavy (non-hydrogen) atoms. The number of carboxylic acids is 1. The van der Waals surface area contributed by atoms with E-state index in [2.05, 4.69) is 19.2 Å². The van der Waals surface area contributed by atoms with Crippen LogP contribution in [0.1, 0.15) is 42.0 Å². The molecule has 8 heteroatoms. The molecule has 210 valence electrons. The van der Waals surface area contributed by atoms with E-state index < -0.39 is 17.6 Å². The van der Waals surface area contributed by atoms with Crippen LogP contribution in [-0.4, -0.2) is 29.6 Å². The van der Waals surface area contributed by atoms with Gasteiger partial charge in [-0.15, -0.1) is 0 Å². The Morgan fingerprint density at radius 3 is 2.20 bits per heavy atom. The zero-order valence-corrected chi connectivity index (χ0v) is 24.2. The minimum Gasteiger partial charge on any atom is -0.478 e. The molecule has 0 saturated carbocycles. The first-order valence-electron chi connectivity index (χ1n) is 13.3. The average molecular weight is 590 g/mol. The third-order valence-electron chi connectivity index (χ3n) is 7.46. The standard InChI is InChI=1S/C33H30Cl2N2O4/c1-21(2)22-15-17-24(18-16-22)41-31(32(39)40)33(23-9-4-3-5-10-23)26-11-6-7-14-29(26)37(30(38)19-36-33)20-25-27(34)12-8-13-28(25)35/h3-18,21,31,36H,19-20H2,1-2H3,(H,39,40)/t31?,33-/m0/s1. The number of nitrogens with zero attached hydrogens (tertiary/aromatic N) is 1. The minimum absolute atomic E-state index is 0.107. The highest BCUT2D eigenvalue weighted by Crippen LogP contribution is 2.43. The maximum absolute atomic E-state index is 13.8. The number of rotatable bonds is 8. The zero-order chi connectivity index (χ0) is 29.1. The van der Waals surface area contributed by atoms with Crippen LogP contribution in [0.5, 0.6) is 5.75 Å². The van der Waals surface area contributed by atoms with Crippen molar-refractivity contribution in [3.8, 4) is 5.75 Å². The highest BCUT2D eigenvalue weighted by molar-refractivity contribution is 6.36. The van der Waals surface area contributed by atoms with Crippen molar-refractivity contribution in [2.45, 2.75) is 38.0 Å². The summed E-state index contributed by atoms with van der Waals surface area (Å²) in [6.07, 6.45) is -1.44. The summed E-state index contributed by atoms with van der Waals surface area (Å²) in [7, 11) is 0. The van der Waals surface area contributed by atoms with E-state index in [9.17, 15) is 14.7 Å². The maximum atomic E-state index is 13.8. The number of fused-ring (bicyclic) bond motifs is 1. The summed E-state index contributed by atoms with van der Waals surface area (Å²) in [6.45, 7) is 4.12. The van der Waals surface area contributed by atoms with E-state index >= 15 is 0 Å². The summed E-state index contributed by atoms with van der Waals surface area (Å²) in [5, 5.41) is 14.9. The summed E-state index contributed by atoms with van der Waals surface area (Å²) < 4.78 is 6.31. The topological polar surface area (TPSA) is 78.9 Å². The predicted molar refractivity (Wildman–Crippen MR) is 162 cm³/mol. The predicted octanol–water partition coefficient (Wildman–Crippen LogP) is 7.03. The number of hydrogen-bond donors (Lipinski definition) is 2. The fraction of sp³-hybridized carbons (Fsp3) is 0.212. The highest BCUT2D eigenvalue weighted by atomic mass is 35.5. The molecule has 1 heterocycles. The smallest absolute Gasteiger partial charge is 0.347 e. The second-order valence-corrected chi connectivity index (χ2v) is 11.1. The Hall–Kier alpha value is -3.84. The van der Waals surface area contributed by atoms with Gasteiger partial charge in [-0.25, -0.2) is 4.79 Å². The van der Waals surface area contributed by atoms with Gasteiger partial charge in [0.15, 0.2) is 0 Å². The van der Waals surface area contributed by atoms with Crippen molar-refractivity contribution in [1.29, 1.82) is 0 Å². The van der Waals surface area contributed by atoms with Gasteiger partial charge in [0.1, 0.15) is 11.3 Å². The SMILES string of the molecule is CC(C)c1ccc(OC(C(=O)O)[C@@]2(c3ccccc3)NCC(=O)N(Cc3c(Cl)cccc3Cl)c3ccccc32)cc1. The molecule has 1 aliphatic rings. The Bertz CT molecular complexity index is 1540. The molecule has 2 atom stereocenters. The molecule has 0 aromatic heterocycles. The lowest BCUT2D eigenvalue weighted by atomic mass is 9.77. The number of carboxylic acid groups (broad SMARTS) is 1. The monoisotopic (exact) mass is 588 g/mol. The molecule has 4 aromatic rings. The summed E-state index contributed by atoms with van der Waals surface area (Å²) in [5.74, 6) is -0.725. The second-order valence-electron chi connectivity index (χ2n) is 10.3. The molecule has 0 saturated heterocycles. The van der Waals surface area contributed by atoms with Crippen LogP contribution in [-0.2, 0) is 21.7 Å². The van der Waals surface area contributed by atoms with Crippen LogP contribution < -0.4 is 15.0 Å². The molecular formula is C33H30Cl2N2O4. The fourth-order valence-electron chi connectivity index (χ4n) is 5.33. The first-order chi connectivity index (χ1) is 19.7. The van der Waals surface area contributed by atoms with Gasteiger partial charge in [0.05, 0.1) is 13.1 Å². The molecule has 6 nitrogen and oxygen atoms in total. The zero-order valence-electron chi connectivity index (χ0n) is 22.7. The summed E-state index contributed by atoms with van der Waals surface area (Å²) in [5.41, 5.74) is 2.03. The van der Waals surface area contributed by atoms with Crippen LogP contribution >= 0.6 is 23.2 Å². The first kappa shape index (κ1) is 28.7. The molecule has 0 spiro atoms. The number of hydrogen-bond acceptors (Lipinski definition) is 4. The van der Waals surface area contributed by atoms with Gasteiger partial charge in [-0.2, -0.15) is 0 Å². The lowest BCUT2D eigenvalue weighted by Crippen LogP contribution is -2.58. The summed E-state index contributed by atoms with van der Waals surface area (Å²) >= 11 is 13.0. The van der Waals surface area contributed by atoms with Crippen molar-refractivity contribution in [3.05, 3.63) is 129 Å². The van der Waals surface area contributed by atoms with E-state index in [1.165, 1.54) is 0 Å². The second kappa shape index (κ2) is 12.0. The molecule has 0 radical (unpaired) electrons. The molecule has 0 bridgehead atoms. The van der Waals surface area contributed by atoms with E-state index in [1.807, 2.05) is 60.7 Å². The number of halogens is 2. The molecule has 1 aliphatic heterocycles. The number of carbonyl (C=O) groups is 2. The quantitative estimate of drug-likeness (QED) is 0.231. The van der Waals surface area contributed by atoms with Gasteiger partial charge in [0.25, 0.3) is 0 Å². The number of benzene rings is 4. The van der Waals surface area contributed by atoms with Crippen LogP contribution in [0.2, 0.25) is 10.0 Å². The van der Waals surface area contributed by atoms with Crippen molar-refractivity contribution in [3.63, 3.8) is 0 Å². The van der Waals surface area contributed by atoms with Crippen molar-refractivity contribution in [2.24, 2.45) is 0 Å². The number of aliphatic carboxylic acids is 1. The Morgan fingerprint density at radius 2 is 1.56 bits per heavy atom. The van der Waals surface area contributed by atoms with Crippen LogP contribution in [0.25, 0.3) is 0 Å². The number of amides is 1. The van der Waals surface area contributed by atoms with E-state index in [-0.39, 0.29) is 19.0 Å². The van der Waals surface area contributed by atoms with E-state index in [0.29, 0.717) is 44.1 Å². The maximum Gasteiger partial charge on any atom is 0.347 e. The van der Waals surface area contributed by atoms with E-state index in [4.69, 9.17) is 27.9 Å². The van der Waals surface area contributed by atoms with Gasteiger partial charge in [-0.1, -0.05) is 104 Å². The van der Waals surface area contributed by atoms with Crippen LogP contribution in [0.4, 0.5) is 5.69 Å². The van der Waals surface area contributed by atoms with Crippen molar-refractivity contribution < 1.29 is 19.4 Å². The van der Waals surface area contributed by atoms with Crippen molar-refractivity contribution in [1.82, 2.24) is 5.32 Å². The molecule has 2 N–H and O–H groups in total. The summed E-state index contributed by atoms with van der Waals surface area (Å²) in [6, 6.07) is 29.1. The van der Waals surface area contributed by atoms with Gasteiger partial charge in [0.2, 0.25) is 12.0 Å². The Balaban J connectivity index is 1.69. The van der Waals surface area contributed by atoms with Gasteiger partial charge in [-0.3, -0.25) is 10.1 Å². The number of carbonyl (C=O) groups excluding carboxylic acids is 1. The molecule has 1 unspecified atom stereocenters. The molecular weight excluding hydrogens is 559 g/mol.